The van der Waals surface area contributed by atoms with E-state index in [0.29, 0.717) is 5.56 Å². The molecule has 1 aromatic carbocycles. The van der Waals surface area contributed by atoms with Crippen molar-refractivity contribution >= 4 is 17.4 Å². The lowest BCUT2D eigenvalue weighted by atomic mass is 10.1. The Kier molecular flexibility index (Phi) is 6.36. The number of nitrogens with zero attached hydrogens (tertiary/aromatic N) is 2. The lowest BCUT2D eigenvalue weighted by Gasteiger charge is -2.23. The van der Waals surface area contributed by atoms with E-state index in [0.717, 1.165) is 48.6 Å². The quantitative estimate of drug-likeness (QED) is 0.810. The predicted octanol–water partition coefficient (Wildman–Crippen LogP) is 4.58. The van der Waals surface area contributed by atoms with E-state index >= 15 is 0 Å². The van der Waals surface area contributed by atoms with Gasteiger partial charge in [-0.15, -0.1) is 0 Å². The minimum atomic E-state index is -0.0935. The normalized spacial score (nSPS) is 10.5. The first kappa shape index (κ1) is 18.0. The van der Waals surface area contributed by atoms with Crippen LogP contribution in [0.5, 0.6) is 0 Å². The second-order valence-electron chi connectivity index (χ2n) is 6.11. The van der Waals surface area contributed by atoms with Crippen molar-refractivity contribution in [3.63, 3.8) is 0 Å². The zero-order chi connectivity index (χ0) is 17.5. The molecule has 0 spiro atoms. The first-order chi connectivity index (χ1) is 11.6. The van der Waals surface area contributed by atoms with Crippen LogP contribution in [-0.2, 0) is 0 Å². The Hall–Kier alpha value is -2.36. The number of anilines is 2. The molecule has 4 nitrogen and oxygen atoms in total. The second-order valence-corrected chi connectivity index (χ2v) is 6.11. The highest BCUT2D eigenvalue weighted by Gasteiger charge is 2.13. The number of hydrogen-bond acceptors (Lipinski definition) is 3. The summed E-state index contributed by atoms with van der Waals surface area (Å²) >= 11 is 0. The van der Waals surface area contributed by atoms with Crippen molar-refractivity contribution in [3.8, 4) is 0 Å². The Morgan fingerprint density at radius 2 is 1.71 bits per heavy atom. The van der Waals surface area contributed by atoms with Crippen LogP contribution in [-0.4, -0.2) is 24.0 Å². The third kappa shape index (κ3) is 4.34. The first-order valence-electron chi connectivity index (χ1n) is 8.65. The Morgan fingerprint density at radius 1 is 1.08 bits per heavy atom. The molecule has 1 aromatic heterocycles. The molecule has 0 fully saturated rings. The lowest BCUT2D eigenvalue weighted by molar-refractivity contribution is 0.102. The Labute approximate surface area is 144 Å². The lowest BCUT2D eigenvalue weighted by Crippen LogP contribution is -2.26. The maximum atomic E-state index is 12.7. The largest absolute Gasteiger partial charge is 0.357 e. The Morgan fingerprint density at radius 3 is 2.29 bits per heavy atom. The molecule has 0 atom stereocenters. The monoisotopic (exact) mass is 325 g/mol. The number of carbonyl (C=O) groups is 1. The van der Waals surface area contributed by atoms with Crippen LogP contribution in [0.3, 0.4) is 0 Å². The molecule has 1 N–H and O–H groups in total. The standard InChI is InChI=1S/C20H27N3O/c1-5-12-23(13-6-2)18-14-17(10-11-21-18)20(24)22-19-15(3)8-7-9-16(19)4/h7-11,14H,5-6,12-13H2,1-4H3,(H,22,24). The van der Waals surface area contributed by atoms with Gasteiger partial charge in [-0.25, -0.2) is 4.98 Å². The number of nitrogens with one attached hydrogen (secondary N) is 1. The van der Waals surface area contributed by atoms with E-state index in [2.05, 4.69) is 29.0 Å². The van der Waals surface area contributed by atoms with Crippen molar-refractivity contribution in [3.05, 3.63) is 53.2 Å². The van der Waals surface area contributed by atoms with E-state index in [1.807, 2.05) is 38.1 Å². The molecule has 0 aliphatic rings. The van der Waals surface area contributed by atoms with Crippen LogP contribution in [0, 0.1) is 13.8 Å². The molecule has 0 radical (unpaired) electrons. The molecule has 1 amide bonds. The molecule has 0 aliphatic carbocycles. The van der Waals surface area contributed by atoms with Crippen molar-refractivity contribution in [2.45, 2.75) is 40.5 Å². The van der Waals surface area contributed by atoms with Gasteiger partial charge < -0.3 is 10.2 Å². The fourth-order valence-electron chi connectivity index (χ4n) is 2.81. The average Bonchev–Trinajstić information content (AvgIpc) is 2.58. The Bertz CT molecular complexity index is 671. The highest BCUT2D eigenvalue weighted by atomic mass is 16.1. The number of carbonyl (C=O) groups excluding carboxylic acids is 1. The smallest absolute Gasteiger partial charge is 0.255 e. The zero-order valence-corrected chi connectivity index (χ0v) is 15.1. The molecule has 128 valence electrons. The van der Waals surface area contributed by atoms with Crippen molar-refractivity contribution in [1.82, 2.24) is 4.98 Å². The van der Waals surface area contributed by atoms with Gasteiger partial charge in [-0.05, 0) is 49.9 Å². The summed E-state index contributed by atoms with van der Waals surface area (Å²) in [5.74, 6) is 0.775. The van der Waals surface area contributed by atoms with Gasteiger partial charge in [-0.2, -0.15) is 0 Å². The van der Waals surface area contributed by atoms with Crippen molar-refractivity contribution < 1.29 is 4.79 Å². The van der Waals surface area contributed by atoms with Gasteiger partial charge in [0.2, 0.25) is 0 Å². The van der Waals surface area contributed by atoms with E-state index in [-0.39, 0.29) is 5.91 Å². The summed E-state index contributed by atoms with van der Waals surface area (Å²) < 4.78 is 0. The molecule has 0 saturated heterocycles. The summed E-state index contributed by atoms with van der Waals surface area (Å²) in [7, 11) is 0. The maximum absolute atomic E-state index is 12.7. The fraction of sp³-hybridized carbons (Fsp3) is 0.400. The summed E-state index contributed by atoms with van der Waals surface area (Å²) in [5, 5.41) is 3.04. The van der Waals surface area contributed by atoms with Crippen molar-refractivity contribution in [2.24, 2.45) is 0 Å². The fourth-order valence-corrected chi connectivity index (χ4v) is 2.81. The van der Waals surface area contributed by atoms with Gasteiger partial charge in [0.15, 0.2) is 0 Å². The summed E-state index contributed by atoms with van der Waals surface area (Å²) in [6, 6.07) is 9.66. The van der Waals surface area contributed by atoms with E-state index in [1.54, 1.807) is 12.3 Å². The number of pyridine rings is 1. The minimum Gasteiger partial charge on any atom is -0.357 e. The minimum absolute atomic E-state index is 0.0935. The molecule has 0 saturated carbocycles. The van der Waals surface area contributed by atoms with E-state index < -0.39 is 0 Å². The SMILES string of the molecule is CCCN(CCC)c1cc(C(=O)Nc2c(C)cccc2C)ccn1. The van der Waals surface area contributed by atoms with Gasteiger partial charge in [0.1, 0.15) is 5.82 Å². The molecular formula is C20H27N3O. The highest BCUT2D eigenvalue weighted by Crippen LogP contribution is 2.21. The van der Waals surface area contributed by atoms with Gasteiger partial charge >= 0.3 is 0 Å². The summed E-state index contributed by atoms with van der Waals surface area (Å²) in [4.78, 5) is 19.3. The van der Waals surface area contributed by atoms with Crippen LogP contribution in [0.4, 0.5) is 11.5 Å². The van der Waals surface area contributed by atoms with Crippen LogP contribution in [0.15, 0.2) is 36.5 Å². The van der Waals surface area contributed by atoms with Gasteiger partial charge in [-0.3, -0.25) is 4.79 Å². The zero-order valence-electron chi connectivity index (χ0n) is 15.1. The van der Waals surface area contributed by atoms with Gasteiger partial charge in [0.25, 0.3) is 5.91 Å². The maximum Gasteiger partial charge on any atom is 0.255 e. The molecule has 4 heteroatoms. The van der Waals surface area contributed by atoms with Crippen molar-refractivity contribution in [1.29, 1.82) is 0 Å². The van der Waals surface area contributed by atoms with Gasteiger partial charge in [0, 0.05) is 30.5 Å². The summed E-state index contributed by atoms with van der Waals surface area (Å²) in [6.45, 7) is 10.2. The van der Waals surface area contributed by atoms with E-state index in [4.69, 9.17) is 0 Å². The molecule has 0 aliphatic heterocycles. The number of hydrogen-bond donors (Lipinski definition) is 1. The number of aromatic nitrogens is 1. The predicted molar refractivity (Wildman–Crippen MR) is 101 cm³/mol. The molecule has 0 unspecified atom stereocenters. The summed E-state index contributed by atoms with van der Waals surface area (Å²) in [5.41, 5.74) is 3.66. The molecular weight excluding hydrogens is 298 g/mol. The number of rotatable bonds is 7. The third-order valence-electron chi connectivity index (χ3n) is 4.04. The van der Waals surface area contributed by atoms with E-state index in [9.17, 15) is 4.79 Å². The molecule has 2 aromatic rings. The summed E-state index contributed by atoms with van der Waals surface area (Å²) in [6.07, 6.45) is 3.83. The number of amides is 1. The molecule has 1 heterocycles. The number of benzene rings is 1. The van der Waals surface area contributed by atoms with Crippen LogP contribution in [0.25, 0.3) is 0 Å². The van der Waals surface area contributed by atoms with Crippen LogP contribution >= 0.6 is 0 Å². The van der Waals surface area contributed by atoms with Crippen LogP contribution in [0.1, 0.15) is 48.2 Å². The molecule has 24 heavy (non-hydrogen) atoms. The van der Waals surface area contributed by atoms with E-state index in [1.165, 1.54) is 0 Å². The van der Waals surface area contributed by atoms with Gasteiger partial charge in [0.05, 0.1) is 0 Å². The highest BCUT2D eigenvalue weighted by molar-refractivity contribution is 6.05. The van der Waals surface area contributed by atoms with Crippen molar-refractivity contribution in [2.75, 3.05) is 23.3 Å². The number of para-hydroxylation sites is 1. The molecule has 2 rings (SSSR count). The van der Waals surface area contributed by atoms with Crippen LogP contribution in [0.2, 0.25) is 0 Å². The topological polar surface area (TPSA) is 45.2 Å². The Balaban J connectivity index is 2.22. The second kappa shape index (κ2) is 8.48. The number of aryl methyl sites for hydroxylation is 2. The molecule has 0 bridgehead atoms. The average molecular weight is 325 g/mol. The van der Waals surface area contributed by atoms with Crippen LogP contribution < -0.4 is 10.2 Å². The third-order valence-corrected chi connectivity index (χ3v) is 4.04. The first-order valence-corrected chi connectivity index (χ1v) is 8.65. The van der Waals surface area contributed by atoms with Gasteiger partial charge in [-0.1, -0.05) is 32.0 Å².